The fourth-order valence-corrected chi connectivity index (χ4v) is 1.21. The largest absolute Gasteiger partial charge is 0.381 e. The second kappa shape index (κ2) is 7.65. The summed E-state index contributed by atoms with van der Waals surface area (Å²) in [5.41, 5.74) is 5.57. The minimum atomic E-state index is 0.0496. The molecular formula is C11H24N2O2. The zero-order chi connectivity index (χ0) is 11.7. The van der Waals surface area contributed by atoms with E-state index in [1.807, 2.05) is 6.92 Å². The molecule has 0 aromatic rings. The summed E-state index contributed by atoms with van der Waals surface area (Å²) in [5.74, 6) is 0.0496. The number of hydrogen-bond acceptors (Lipinski definition) is 3. The van der Waals surface area contributed by atoms with Gasteiger partial charge in [-0.3, -0.25) is 4.79 Å². The lowest BCUT2D eigenvalue weighted by Gasteiger charge is -2.24. The molecule has 0 fully saturated rings. The van der Waals surface area contributed by atoms with Gasteiger partial charge in [0.15, 0.2) is 0 Å². The third-order valence-corrected chi connectivity index (χ3v) is 2.26. The van der Waals surface area contributed by atoms with Gasteiger partial charge in [0.25, 0.3) is 0 Å². The van der Waals surface area contributed by atoms with Crippen LogP contribution in [-0.4, -0.2) is 32.2 Å². The monoisotopic (exact) mass is 216 g/mol. The first-order valence-electron chi connectivity index (χ1n) is 5.56. The molecule has 0 saturated heterocycles. The van der Waals surface area contributed by atoms with Gasteiger partial charge in [-0.05, 0) is 25.3 Å². The van der Waals surface area contributed by atoms with Crippen LogP contribution in [0.1, 0.15) is 33.6 Å². The Morgan fingerprint density at radius 3 is 2.67 bits per heavy atom. The van der Waals surface area contributed by atoms with E-state index < -0.39 is 0 Å². The van der Waals surface area contributed by atoms with E-state index in [1.54, 1.807) is 0 Å². The van der Waals surface area contributed by atoms with Crippen molar-refractivity contribution in [3.8, 4) is 0 Å². The fourth-order valence-electron chi connectivity index (χ4n) is 1.21. The van der Waals surface area contributed by atoms with Crippen molar-refractivity contribution in [3.05, 3.63) is 0 Å². The Morgan fingerprint density at radius 1 is 1.47 bits per heavy atom. The lowest BCUT2D eigenvalue weighted by atomic mass is 9.89. The summed E-state index contributed by atoms with van der Waals surface area (Å²) in [6.07, 6.45) is 1.35. The van der Waals surface area contributed by atoms with Crippen LogP contribution in [-0.2, 0) is 9.53 Å². The molecule has 90 valence electrons. The maximum absolute atomic E-state index is 11.3. The molecule has 0 unspecified atom stereocenters. The van der Waals surface area contributed by atoms with Crippen LogP contribution in [0.2, 0.25) is 0 Å². The van der Waals surface area contributed by atoms with E-state index in [1.165, 1.54) is 0 Å². The van der Waals surface area contributed by atoms with Crippen molar-refractivity contribution < 1.29 is 9.53 Å². The maximum Gasteiger partial charge on any atom is 0.222 e. The first kappa shape index (κ1) is 14.4. The first-order chi connectivity index (χ1) is 7.02. The normalized spacial score (nSPS) is 11.5. The second-order valence-electron chi connectivity index (χ2n) is 4.43. The molecule has 0 spiro atoms. The molecule has 0 saturated carbocycles. The second-order valence-corrected chi connectivity index (χ2v) is 4.43. The summed E-state index contributed by atoms with van der Waals surface area (Å²) in [6, 6.07) is 0. The first-order valence-corrected chi connectivity index (χ1v) is 5.56. The van der Waals surface area contributed by atoms with Crippen molar-refractivity contribution in [3.63, 3.8) is 0 Å². The Morgan fingerprint density at radius 2 is 2.13 bits per heavy atom. The van der Waals surface area contributed by atoms with Crippen molar-refractivity contribution in [2.45, 2.75) is 33.6 Å². The van der Waals surface area contributed by atoms with Gasteiger partial charge in [0.05, 0.1) is 6.61 Å². The average molecular weight is 216 g/mol. The van der Waals surface area contributed by atoms with E-state index in [2.05, 4.69) is 19.2 Å². The number of rotatable bonds is 8. The highest BCUT2D eigenvalue weighted by Crippen LogP contribution is 2.17. The molecule has 0 aliphatic heterocycles. The summed E-state index contributed by atoms with van der Waals surface area (Å²) in [7, 11) is 0. The van der Waals surface area contributed by atoms with Gasteiger partial charge in [-0.15, -0.1) is 0 Å². The highest BCUT2D eigenvalue weighted by Gasteiger charge is 2.17. The third-order valence-electron chi connectivity index (χ3n) is 2.26. The van der Waals surface area contributed by atoms with Gasteiger partial charge in [0, 0.05) is 19.6 Å². The molecule has 0 heterocycles. The van der Waals surface area contributed by atoms with Gasteiger partial charge >= 0.3 is 0 Å². The smallest absolute Gasteiger partial charge is 0.222 e. The molecule has 0 radical (unpaired) electrons. The van der Waals surface area contributed by atoms with Crippen molar-refractivity contribution in [2.75, 3.05) is 26.3 Å². The minimum absolute atomic E-state index is 0.0496. The summed E-state index contributed by atoms with van der Waals surface area (Å²) in [6.45, 7) is 8.61. The van der Waals surface area contributed by atoms with Gasteiger partial charge < -0.3 is 15.8 Å². The predicted octanol–water partition coefficient (Wildman–Crippen LogP) is 0.904. The Labute approximate surface area is 92.6 Å². The van der Waals surface area contributed by atoms with E-state index in [4.69, 9.17) is 10.5 Å². The zero-order valence-corrected chi connectivity index (χ0v) is 10.1. The Balaban J connectivity index is 3.60. The van der Waals surface area contributed by atoms with Crippen LogP contribution >= 0.6 is 0 Å². The summed E-state index contributed by atoms with van der Waals surface area (Å²) in [5, 5.41) is 2.89. The molecule has 4 heteroatoms. The Kier molecular flexibility index (Phi) is 7.34. The molecule has 3 N–H and O–H groups in total. The summed E-state index contributed by atoms with van der Waals surface area (Å²) >= 11 is 0. The van der Waals surface area contributed by atoms with E-state index in [0.717, 1.165) is 6.42 Å². The van der Waals surface area contributed by atoms with Gasteiger partial charge in [0.2, 0.25) is 5.91 Å². The molecule has 0 aromatic heterocycles. The SMILES string of the molecule is CCOCCC(=O)NCC(C)(C)CCN. The minimum Gasteiger partial charge on any atom is -0.381 e. The van der Waals surface area contributed by atoms with Crippen molar-refractivity contribution in [1.82, 2.24) is 5.32 Å². The number of nitrogens with two attached hydrogens (primary N) is 1. The highest BCUT2D eigenvalue weighted by atomic mass is 16.5. The van der Waals surface area contributed by atoms with Crippen molar-refractivity contribution >= 4 is 5.91 Å². The van der Waals surface area contributed by atoms with Gasteiger partial charge in [0.1, 0.15) is 0 Å². The number of hydrogen-bond donors (Lipinski definition) is 2. The molecule has 0 bridgehead atoms. The molecule has 15 heavy (non-hydrogen) atoms. The van der Waals surface area contributed by atoms with Gasteiger partial charge in [-0.25, -0.2) is 0 Å². The lowest BCUT2D eigenvalue weighted by molar-refractivity contribution is -0.122. The lowest BCUT2D eigenvalue weighted by Crippen LogP contribution is -2.35. The van der Waals surface area contributed by atoms with Gasteiger partial charge in [-0.2, -0.15) is 0 Å². The summed E-state index contributed by atoms with van der Waals surface area (Å²) in [4.78, 5) is 11.3. The van der Waals surface area contributed by atoms with E-state index in [0.29, 0.717) is 32.7 Å². The molecule has 0 aromatic carbocycles. The number of carbonyl (C=O) groups excluding carboxylic acids is 1. The van der Waals surface area contributed by atoms with E-state index >= 15 is 0 Å². The molecule has 0 atom stereocenters. The molecule has 4 nitrogen and oxygen atoms in total. The van der Waals surface area contributed by atoms with Crippen LogP contribution < -0.4 is 11.1 Å². The van der Waals surface area contributed by atoms with Crippen LogP contribution in [0.15, 0.2) is 0 Å². The van der Waals surface area contributed by atoms with Crippen molar-refractivity contribution in [1.29, 1.82) is 0 Å². The zero-order valence-electron chi connectivity index (χ0n) is 10.1. The molecule has 0 rings (SSSR count). The number of carbonyl (C=O) groups is 1. The van der Waals surface area contributed by atoms with Gasteiger partial charge in [-0.1, -0.05) is 13.8 Å². The van der Waals surface area contributed by atoms with Crippen LogP contribution in [0.3, 0.4) is 0 Å². The van der Waals surface area contributed by atoms with E-state index in [-0.39, 0.29) is 11.3 Å². The maximum atomic E-state index is 11.3. The molecule has 1 amide bonds. The summed E-state index contributed by atoms with van der Waals surface area (Å²) < 4.78 is 5.10. The van der Waals surface area contributed by atoms with Crippen molar-refractivity contribution in [2.24, 2.45) is 11.1 Å². The van der Waals surface area contributed by atoms with Crippen LogP contribution in [0.5, 0.6) is 0 Å². The van der Waals surface area contributed by atoms with E-state index in [9.17, 15) is 4.79 Å². The molecule has 0 aliphatic rings. The van der Waals surface area contributed by atoms with Crippen LogP contribution in [0, 0.1) is 5.41 Å². The quantitative estimate of drug-likeness (QED) is 0.593. The topological polar surface area (TPSA) is 64.3 Å². The predicted molar refractivity (Wildman–Crippen MR) is 61.6 cm³/mol. The fraction of sp³-hybridized carbons (Fsp3) is 0.909. The Hall–Kier alpha value is -0.610. The third kappa shape index (κ3) is 8.39. The highest BCUT2D eigenvalue weighted by molar-refractivity contribution is 5.75. The van der Waals surface area contributed by atoms with Crippen LogP contribution in [0.4, 0.5) is 0 Å². The van der Waals surface area contributed by atoms with Crippen LogP contribution in [0.25, 0.3) is 0 Å². The molecular weight excluding hydrogens is 192 g/mol. The molecule has 0 aliphatic carbocycles. The Bertz CT molecular complexity index is 181. The number of amides is 1. The number of ether oxygens (including phenoxy) is 1. The number of nitrogens with one attached hydrogen (secondary N) is 1. The average Bonchev–Trinajstić information content (AvgIpc) is 2.15. The standard InChI is InChI=1S/C11H24N2O2/c1-4-15-8-5-10(14)13-9-11(2,3)6-7-12/h4-9,12H2,1-3H3,(H,13,14).